The lowest BCUT2D eigenvalue weighted by atomic mass is 10.2. The van der Waals surface area contributed by atoms with Gasteiger partial charge in [0.15, 0.2) is 0 Å². The summed E-state index contributed by atoms with van der Waals surface area (Å²) in [6.07, 6.45) is 0. The SMILES string of the molecule is CC(=O)Nc1cccc(NC(=O)CN2CCNC[C@@H]2C)c1. The number of piperazine rings is 1. The topological polar surface area (TPSA) is 73.5 Å². The maximum Gasteiger partial charge on any atom is 0.238 e. The highest BCUT2D eigenvalue weighted by Gasteiger charge is 2.20. The molecule has 0 aliphatic carbocycles. The monoisotopic (exact) mass is 290 g/mol. The third-order valence-corrected chi connectivity index (χ3v) is 3.45. The summed E-state index contributed by atoms with van der Waals surface area (Å²) in [5.74, 6) is -0.170. The number of anilines is 2. The average Bonchev–Trinajstić information content (AvgIpc) is 2.41. The van der Waals surface area contributed by atoms with Crippen molar-refractivity contribution in [3.63, 3.8) is 0 Å². The molecule has 6 heteroatoms. The molecule has 1 aliphatic rings. The molecule has 1 fully saturated rings. The van der Waals surface area contributed by atoms with Gasteiger partial charge in [-0.1, -0.05) is 6.07 Å². The highest BCUT2D eigenvalue weighted by molar-refractivity contribution is 5.94. The number of carbonyl (C=O) groups is 2. The van der Waals surface area contributed by atoms with Gasteiger partial charge in [-0.15, -0.1) is 0 Å². The van der Waals surface area contributed by atoms with E-state index < -0.39 is 0 Å². The molecule has 1 aromatic rings. The lowest BCUT2D eigenvalue weighted by Crippen LogP contribution is -2.51. The zero-order chi connectivity index (χ0) is 15.2. The van der Waals surface area contributed by atoms with E-state index in [1.807, 2.05) is 6.07 Å². The van der Waals surface area contributed by atoms with Gasteiger partial charge in [-0.05, 0) is 25.1 Å². The van der Waals surface area contributed by atoms with Crippen LogP contribution in [0.1, 0.15) is 13.8 Å². The minimum atomic E-state index is -0.131. The fraction of sp³-hybridized carbons (Fsp3) is 0.467. The molecule has 1 aromatic carbocycles. The molecule has 0 unspecified atom stereocenters. The van der Waals surface area contributed by atoms with E-state index in [-0.39, 0.29) is 11.8 Å². The Morgan fingerprint density at radius 1 is 1.33 bits per heavy atom. The molecule has 114 valence electrons. The van der Waals surface area contributed by atoms with Crippen molar-refractivity contribution >= 4 is 23.2 Å². The highest BCUT2D eigenvalue weighted by atomic mass is 16.2. The first-order chi connectivity index (χ1) is 10.0. The van der Waals surface area contributed by atoms with Gasteiger partial charge in [0.25, 0.3) is 0 Å². The molecule has 1 atom stereocenters. The minimum Gasteiger partial charge on any atom is -0.326 e. The van der Waals surface area contributed by atoms with Gasteiger partial charge in [0.05, 0.1) is 6.54 Å². The van der Waals surface area contributed by atoms with E-state index in [0.717, 1.165) is 19.6 Å². The number of rotatable bonds is 4. The molecular weight excluding hydrogens is 268 g/mol. The third-order valence-electron chi connectivity index (χ3n) is 3.45. The van der Waals surface area contributed by atoms with E-state index in [4.69, 9.17) is 0 Å². The molecule has 1 saturated heterocycles. The summed E-state index contributed by atoms with van der Waals surface area (Å²) in [6, 6.07) is 7.50. The van der Waals surface area contributed by atoms with Crippen LogP contribution in [0.3, 0.4) is 0 Å². The van der Waals surface area contributed by atoms with Gasteiger partial charge in [-0.3, -0.25) is 14.5 Å². The summed E-state index contributed by atoms with van der Waals surface area (Å²) in [5, 5.41) is 8.87. The second-order valence-corrected chi connectivity index (χ2v) is 5.33. The normalized spacial score (nSPS) is 19.0. The van der Waals surface area contributed by atoms with Crippen molar-refractivity contribution in [2.45, 2.75) is 19.9 Å². The number of hydrogen-bond donors (Lipinski definition) is 3. The van der Waals surface area contributed by atoms with Crippen LogP contribution >= 0.6 is 0 Å². The molecule has 0 aromatic heterocycles. The molecule has 2 amide bonds. The smallest absolute Gasteiger partial charge is 0.238 e. The number of nitrogens with one attached hydrogen (secondary N) is 3. The predicted molar refractivity (Wildman–Crippen MR) is 83.3 cm³/mol. The van der Waals surface area contributed by atoms with Crippen LogP contribution in [0.15, 0.2) is 24.3 Å². The summed E-state index contributed by atoms with van der Waals surface area (Å²) in [5.41, 5.74) is 1.37. The van der Waals surface area contributed by atoms with Crippen LogP contribution in [0.4, 0.5) is 11.4 Å². The first-order valence-corrected chi connectivity index (χ1v) is 7.17. The molecule has 3 N–H and O–H groups in total. The van der Waals surface area contributed by atoms with Crippen molar-refractivity contribution in [3.05, 3.63) is 24.3 Å². The molecule has 0 radical (unpaired) electrons. The summed E-state index contributed by atoms with van der Waals surface area (Å²) >= 11 is 0. The zero-order valence-corrected chi connectivity index (χ0v) is 12.5. The van der Waals surface area contributed by atoms with Crippen LogP contribution in [0, 0.1) is 0 Å². The van der Waals surface area contributed by atoms with Crippen molar-refractivity contribution in [2.75, 3.05) is 36.8 Å². The first-order valence-electron chi connectivity index (χ1n) is 7.17. The Kier molecular flexibility index (Phi) is 5.30. The van der Waals surface area contributed by atoms with Crippen LogP contribution < -0.4 is 16.0 Å². The number of benzene rings is 1. The summed E-state index contributed by atoms with van der Waals surface area (Å²) in [7, 11) is 0. The highest BCUT2D eigenvalue weighted by Crippen LogP contribution is 2.15. The zero-order valence-electron chi connectivity index (χ0n) is 12.5. The summed E-state index contributed by atoms with van der Waals surface area (Å²) in [4.78, 5) is 25.3. The Morgan fingerprint density at radius 3 is 2.71 bits per heavy atom. The molecule has 0 saturated carbocycles. The predicted octanol–water partition coefficient (Wildman–Crippen LogP) is 0.877. The van der Waals surface area contributed by atoms with E-state index in [1.54, 1.807) is 18.2 Å². The molecule has 0 bridgehead atoms. The number of carbonyl (C=O) groups excluding carboxylic acids is 2. The Balaban J connectivity index is 1.91. The summed E-state index contributed by atoms with van der Waals surface area (Å²) < 4.78 is 0. The Hall–Kier alpha value is -1.92. The largest absolute Gasteiger partial charge is 0.326 e. The maximum absolute atomic E-state index is 12.1. The molecule has 21 heavy (non-hydrogen) atoms. The Labute approximate surface area is 124 Å². The number of nitrogens with zero attached hydrogens (tertiary/aromatic N) is 1. The van der Waals surface area contributed by atoms with Gasteiger partial charge in [-0.25, -0.2) is 0 Å². The van der Waals surface area contributed by atoms with Crippen LogP contribution in [-0.4, -0.2) is 48.9 Å². The standard InChI is InChI=1S/C15H22N4O2/c1-11-9-16-6-7-19(11)10-15(21)18-14-5-3-4-13(8-14)17-12(2)20/h3-5,8,11,16H,6-7,9-10H2,1-2H3,(H,17,20)(H,18,21)/t11-/m0/s1. The van der Waals surface area contributed by atoms with Crippen LogP contribution in [0.2, 0.25) is 0 Å². The summed E-state index contributed by atoms with van der Waals surface area (Å²) in [6.45, 7) is 6.64. The molecule has 6 nitrogen and oxygen atoms in total. The average molecular weight is 290 g/mol. The van der Waals surface area contributed by atoms with Gasteiger partial charge < -0.3 is 16.0 Å². The van der Waals surface area contributed by atoms with Gasteiger partial charge in [0.1, 0.15) is 0 Å². The first kappa shape index (κ1) is 15.5. The van der Waals surface area contributed by atoms with E-state index in [0.29, 0.717) is 24.0 Å². The lowest BCUT2D eigenvalue weighted by molar-refractivity contribution is -0.118. The van der Waals surface area contributed by atoms with Gasteiger partial charge in [0.2, 0.25) is 11.8 Å². The number of amides is 2. The third kappa shape index (κ3) is 4.84. The quantitative estimate of drug-likeness (QED) is 0.769. The maximum atomic E-state index is 12.1. The van der Waals surface area contributed by atoms with E-state index >= 15 is 0 Å². The van der Waals surface area contributed by atoms with Crippen LogP contribution in [0.5, 0.6) is 0 Å². The lowest BCUT2D eigenvalue weighted by Gasteiger charge is -2.33. The van der Waals surface area contributed by atoms with Crippen molar-refractivity contribution in [1.82, 2.24) is 10.2 Å². The Morgan fingerprint density at radius 2 is 2.05 bits per heavy atom. The molecule has 1 aliphatic heterocycles. The van der Waals surface area contributed by atoms with Gasteiger partial charge in [-0.2, -0.15) is 0 Å². The molecule has 0 spiro atoms. The van der Waals surface area contributed by atoms with Crippen molar-refractivity contribution in [2.24, 2.45) is 0 Å². The van der Waals surface area contributed by atoms with E-state index in [9.17, 15) is 9.59 Å². The van der Waals surface area contributed by atoms with Crippen molar-refractivity contribution in [1.29, 1.82) is 0 Å². The second-order valence-electron chi connectivity index (χ2n) is 5.33. The van der Waals surface area contributed by atoms with Crippen molar-refractivity contribution < 1.29 is 9.59 Å². The fourth-order valence-corrected chi connectivity index (χ4v) is 2.38. The molecule has 2 rings (SSSR count). The van der Waals surface area contributed by atoms with E-state index in [1.165, 1.54) is 6.92 Å². The fourth-order valence-electron chi connectivity index (χ4n) is 2.38. The minimum absolute atomic E-state index is 0.0382. The Bertz CT molecular complexity index is 518. The second kappa shape index (κ2) is 7.19. The molecule has 1 heterocycles. The van der Waals surface area contributed by atoms with Crippen LogP contribution in [0.25, 0.3) is 0 Å². The molecular formula is C15H22N4O2. The number of hydrogen-bond acceptors (Lipinski definition) is 4. The van der Waals surface area contributed by atoms with Gasteiger partial charge >= 0.3 is 0 Å². The van der Waals surface area contributed by atoms with Crippen LogP contribution in [-0.2, 0) is 9.59 Å². The van der Waals surface area contributed by atoms with E-state index in [2.05, 4.69) is 27.8 Å². The van der Waals surface area contributed by atoms with Gasteiger partial charge in [0, 0.05) is 44.0 Å². The van der Waals surface area contributed by atoms with Crippen molar-refractivity contribution in [3.8, 4) is 0 Å².